The van der Waals surface area contributed by atoms with Gasteiger partial charge >= 0.3 is 0 Å². The number of nitrogens with one attached hydrogen (secondary N) is 2. The lowest BCUT2D eigenvalue weighted by Gasteiger charge is -2.09. The van der Waals surface area contributed by atoms with Crippen LogP contribution in [0.15, 0.2) is 35.4 Å². The standard InChI is InChI=1S/C11H12ClN5S/c1-18-8-4-2-3-7(5-8)15-10-9(12)6-14-11(16-10)17-13/h2-6H,13H2,1H3,(H2,14,15,16,17). The van der Waals surface area contributed by atoms with E-state index in [1.807, 2.05) is 30.5 Å². The molecule has 0 unspecified atom stereocenters. The van der Waals surface area contributed by atoms with Crippen LogP contribution in [0.1, 0.15) is 0 Å². The van der Waals surface area contributed by atoms with Crippen LogP contribution < -0.4 is 16.6 Å². The second-order valence-electron chi connectivity index (χ2n) is 3.39. The Bertz CT molecular complexity index is 549. The van der Waals surface area contributed by atoms with E-state index in [-0.39, 0.29) is 0 Å². The Labute approximate surface area is 114 Å². The molecule has 0 spiro atoms. The summed E-state index contributed by atoms with van der Waals surface area (Å²) >= 11 is 7.68. The predicted octanol–water partition coefficient (Wildman–Crippen LogP) is 2.88. The number of hydrazine groups is 1. The first-order valence-electron chi connectivity index (χ1n) is 5.13. The third-order valence-corrected chi connectivity index (χ3v) is 3.21. The van der Waals surface area contributed by atoms with Crippen LogP contribution in [-0.2, 0) is 0 Å². The molecule has 18 heavy (non-hydrogen) atoms. The first-order chi connectivity index (χ1) is 8.72. The molecule has 0 radical (unpaired) electrons. The van der Waals surface area contributed by atoms with Gasteiger partial charge in [-0.2, -0.15) is 4.98 Å². The minimum atomic E-state index is 0.308. The minimum Gasteiger partial charge on any atom is -0.339 e. The SMILES string of the molecule is CSc1cccc(Nc2nc(NN)ncc2Cl)c1. The zero-order chi connectivity index (χ0) is 13.0. The summed E-state index contributed by atoms with van der Waals surface area (Å²) in [4.78, 5) is 9.21. The number of nitrogens with two attached hydrogens (primary N) is 1. The molecule has 5 nitrogen and oxygen atoms in total. The smallest absolute Gasteiger partial charge is 0.239 e. The van der Waals surface area contributed by atoms with Crippen LogP contribution in [0, 0.1) is 0 Å². The van der Waals surface area contributed by atoms with Gasteiger partial charge in [-0.1, -0.05) is 17.7 Å². The molecule has 4 N–H and O–H groups in total. The summed E-state index contributed by atoms with van der Waals surface area (Å²) in [5.41, 5.74) is 3.29. The van der Waals surface area contributed by atoms with Gasteiger partial charge in [0.25, 0.3) is 0 Å². The summed E-state index contributed by atoms with van der Waals surface area (Å²) in [5, 5.41) is 3.56. The summed E-state index contributed by atoms with van der Waals surface area (Å²) < 4.78 is 0. The van der Waals surface area contributed by atoms with Crippen molar-refractivity contribution >= 4 is 40.8 Å². The molecular formula is C11H12ClN5S. The topological polar surface area (TPSA) is 75.9 Å². The number of aromatic nitrogens is 2. The molecule has 94 valence electrons. The van der Waals surface area contributed by atoms with E-state index in [0.717, 1.165) is 10.6 Å². The number of nitrogens with zero attached hydrogens (tertiary/aromatic N) is 2. The van der Waals surface area contributed by atoms with Crippen molar-refractivity contribution in [2.45, 2.75) is 4.90 Å². The number of thioether (sulfide) groups is 1. The van der Waals surface area contributed by atoms with Gasteiger partial charge in [-0.15, -0.1) is 11.8 Å². The van der Waals surface area contributed by atoms with Gasteiger partial charge < -0.3 is 5.32 Å². The van der Waals surface area contributed by atoms with Crippen molar-refractivity contribution in [2.24, 2.45) is 5.84 Å². The van der Waals surface area contributed by atoms with Gasteiger partial charge in [-0.25, -0.2) is 10.8 Å². The number of anilines is 3. The maximum atomic E-state index is 6.02. The Balaban J connectivity index is 2.27. The Kier molecular flexibility index (Phi) is 4.24. The fraction of sp³-hybridized carbons (Fsp3) is 0.0909. The molecule has 7 heteroatoms. The van der Waals surface area contributed by atoms with Crippen LogP contribution in [0.2, 0.25) is 5.02 Å². The van der Waals surface area contributed by atoms with Gasteiger partial charge in [0.1, 0.15) is 5.02 Å². The van der Waals surface area contributed by atoms with E-state index in [4.69, 9.17) is 17.4 Å². The molecular weight excluding hydrogens is 270 g/mol. The molecule has 1 heterocycles. The van der Waals surface area contributed by atoms with Gasteiger partial charge in [0.2, 0.25) is 5.95 Å². The molecule has 1 aromatic carbocycles. The Hall–Kier alpha value is -1.50. The van der Waals surface area contributed by atoms with Crippen LogP contribution in [-0.4, -0.2) is 16.2 Å². The van der Waals surface area contributed by atoms with E-state index in [1.54, 1.807) is 11.8 Å². The third-order valence-electron chi connectivity index (χ3n) is 2.21. The van der Waals surface area contributed by atoms with Crippen molar-refractivity contribution in [3.8, 4) is 0 Å². The van der Waals surface area contributed by atoms with Gasteiger partial charge in [0.05, 0.1) is 6.20 Å². The van der Waals surface area contributed by atoms with Gasteiger partial charge in [-0.05, 0) is 24.5 Å². The summed E-state index contributed by atoms with van der Waals surface area (Å²) in [6.45, 7) is 0. The maximum Gasteiger partial charge on any atom is 0.239 e. The molecule has 2 aromatic rings. The molecule has 0 saturated heterocycles. The molecule has 0 bridgehead atoms. The average Bonchev–Trinajstić information content (AvgIpc) is 2.41. The van der Waals surface area contributed by atoms with Crippen molar-refractivity contribution in [1.29, 1.82) is 0 Å². The van der Waals surface area contributed by atoms with Crippen molar-refractivity contribution < 1.29 is 0 Å². The van der Waals surface area contributed by atoms with E-state index in [0.29, 0.717) is 16.8 Å². The number of benzene rings is 1. The highest BCUT2D eigenvalue weighted by molar-refractivity contribution is 7.98. The van der Waals surface area contributed by atoms with E-state index >= 15 is 0 Å². The van der Waals surface area contributed by atoms with Crippen LogP contribution in [0.3, 0.4) is 0 Å². The zero-order valence-electron chi connectivity index (χ0n) is 9.64. The second-order valence-corrected chi connectivity index (χ2v) is 4.68. The molecule has 2 rings (SSSR count). The Morgan fingerprint density at radius 1 is 1.39 bits per heavy atom. The van der Waals surface area contributed by atoms with Gasteiger partial charge in [-0.3, -0.25) is 5.43 Å². The number of hydrogen-bond acceptors (Lipinski definition) is 6. The second kappa shape index (κ2) is 5.90. The number of halogens is 1. The monoisotopic (exact) mass is 281 g/mol. The first kappa shape index (κ1) is 12.9. The summed E-state index contributed by atoms with van der Waals surface area (Å²) in [6.07, 6.45) is 3.51. The lowest BCUT2D eigenvalue weighted by molar-refractivity contribution is 1.12. The molecule has 0 atom stereocenters. The lowest BCUT2D eigenvalue weighted by atomic mass is 10.3. The zero-order valence-corrected chi connectivity index (χ0v) is 11.2. The van der Waals surface area contributed by atoms with Crippen LogP contribution in [0.25, 0.3) is 0 Å². The van der Waals surface area contributed by atoms with Crippen molar-refractivity contribution in [1.82, 2.24) is 9.97 Å². The first-order valence-corrected chi connectivity index (χ1v) is 6.73. The van der Waals surface area contributed by atoms with Crippen molar-refractivity contribution in [3.63, 3.8) is 0 Å². The summed E-state index contributed by atoms with van der Waals surface area (Å²) in [7, 11) is 0. The summed E-state index contributed by atoms with van der Waals surface area (Å²) in [6, 6.07) is 7.95. The van der Waals surface area contributed by atoms with E-state index in [9.17, 15) is 0 Å². The van der Waals surface area contributed by atoms with Gasteiger partial charge in [0, 0.05) is 10.6 Å². The molecule has 0 aliphatic rings. The fourth-order valence-corrected chi connectivity index (χ4v) is 1.96. The minimum absolute atomic E-state index is 0.308. The molecule has 0 saturated carbocycles. The Morgan fingerprint density at radius 2 is 2.22 bits per heavy atom. The quantitative estimate of drug-likeness (QED) is 0.454. The van der Waals surface area contributed by atoms with Crippen LogP contribution in [0.4, 0.5) is 17.5 Å². The number of hydrogen-bond donors (Lipinski definition) is 3. The lowest BCUT2D eigenvalue weighted by Crippen LogP contribution is -2.11. The van der Waals surface area contributed by atoms with E-state index in [2.05, 4.69) is 20.7 Å². The highest BCUT2D eigenvalue weighted by Crippen LogP contribution is 2.25. The van der Waals surface area contributed by atoms with Crippen molar-refractivity contribution in [3.05, 3.63) is 35.5 Å². The van der Waals surface area contributed by atoms with Crippen LogP contribution >= 0.6 is 23.4 Å². The fourth-order valence-electron chi connectivity index (χ4n) is 1.36. The van der Waals surface area contributed by atoms with Crippen molar-refractivity contribution in [2.75, 3.05) is 17.0 Å². The molecule has 0 fully saturated rings. The molecule has 1 aromatic heterocycles. The molecule has 0 amide bonds. The number of nitrogen functional groups attached to an aromatic ring is 1. The van der Waals surface area contributed by atoms with E-state index < -0.39 is 0 Å². The molecule has 0 aliphatic carbocycles. The Morgan fingerprint density at radius 3 is 2.94 bits per heavy atom. The predicted molar refractivity (Wildman–Crippen MR) is 76.4 cm³/mol. The van der Waals surface area contributed by atoms with Crippen LogP contribution in [0.5, 0.6) is 0 Å². The summed E-state index contributed by atoms with van der Waals surface area (Å²) in [5.74, 6) is 6.08. The normalized spacial score (nSPS) is 10.2. The highest BCUT2D eigenvalue weighted by atomic mass is 35.5. The number of rotatable bonds is 4. The largest absolute Gasteiger partial charge is 0.339 e. The third kappa shape index (κ3) is 3.04. The molecule has 0 aliphatic heterocycles. The van der Waals surface area contributed by atoms with E-state index in [1.165, 1.54) is 6.20 Å². The average molecular weight is 282 g/mol. The highest BCUT2D eigenvalue weighted by Gasteiger charge is 2.05. The van der Waals surface area contributed by atoms with Gasteiger partial charge in [0.15, 0.2) is 5.82 Å². The maximum absolute atomic E-state index is 6.02.